The lowest BCUT2D eigenvalue weighted by Crippen LogP contribution is -2.21. The van der Waals surface area contributed by atoms with Crippen molar-refractivity contribution in [2.75, 3.05) is 7.05 Å². The predicted octanol–water partition coefficient (Wildman–Crippen LogP) is 0.961. The van der Waals surface area contributed by atoms with Crippen LogP contribution in [0.25, 0.3) is 0 Å². The maximum absolute atomic E-state index is 4.12. The van der Waals surface area contributed by atoms with Crippen LogP contribution in [0.5, 0.6) is 0 Å². The first-order valence-corrected chi connectivity index (χ1v) is 4.38. The number of aryl methyl sites for hydroxylation is 2. The van der Waals surface area contributed by atoms with Crippen LogP contribution in [0.3, 0.4) is 0 Å². The van der Waals surface area contributed by atoms with Gasteiger partial charge in [0.15, 0.2) is 0 Å². The molecule has 1 aromatic heterocycles. The number of aromatic nitrogens is 2. The molecule has 68 valence electrons. The first-order chi connectivity index (χ1) is 5.74. The second kappa shape index (κ2) is 4.26. The topological polar surface area (TPSA) is 29.9 Å². The van der Waals surface area contributed by atoms with E-state index in [0.29, 0.717) is 6.04 Å². The molecule has 0 aliphatic heterocycles. The third kappa shape index (κ3) is 2.34. The molecule has 1 atom stereocenters. The van der Waals surface area contributed by atoms with Gasteiger partial charge in [0.05, 0.1) is 0 Å². The summed E-state index contributed by atoms with van der Waals surface area (Å²) in [6.07, 6.45) is 4.11. The van der Waals surface area contributed by atoms with Gasteiger partial charge in [-0.3, -0.25) is 4.68 Å². The van der Waals surface area contributed by atoms with Crippen molar-refractivity contribution in [3.63, 3.8) is 0 Å². The van der Waals surface area contributed by atoms with E-state index in [1.54, 1.807) is 0 Å². The highest BCUT2D eigenvalue weighted by Crippen LogP contribution is 2.02. The molecule has 0 fully saturated rings. The van der Waals surface area contributed by atoms with Crippen molar-refractivity contribution in [2.24, 2.45) is 7.05 Å². The number of rotatable bonds is 4. The molecule has 1 N–H and O–H groups in total. The van der Waals surface area contributed by atoms with E-state index >= 15 is 0 Å². The smallest absolute Gasteiger partial charge is 0.0492 e. The van der Waals surface area contributed by atoms with Gasteiger partial charge < -0.3 is 5.32 Å². The Morgan fingerprint density at radius 1 is 1.67 bits per heavy atom. The zero-order valence-electron chi connectivity index (χ0n) is 8.04. The summed E-state index contributed by atoms with van der Waals surface area (Å²) in [5.41, 5.74) is 1.30. The lowest BCUT2D eigenvalue weighted by atomic mass is 10.1. The molecule has 0 saturated heterocycles. The Kier molecular flexibility index (Phi) is 3.29. The Morgan fingerprint density at radius 2 is 2.42 bits per heavy atom. The summed E-state index contributed by atoms with van der Waals surface area (Å²) in [6, 6.07) is 2.66. The Hall–Kier alpha value is -0.830. The van der Waals surface area contributed by atoms with Crippen LogP contribution in [0.4, 0.5) is 0 Å². The second-order valence-corrected chi connectivity index (χ2v) is 3.17. The highest BCUT2D eigenvalue weighted by molar-refractivity contribution is 5.00. The average Bonchev–Trinajstić information content (AvgIpc) is 2.47. The molecule has 0 bridgehead atoms. The molecule has 1 rings (SSSR count). The van der Waals surface area contributed by atoms with Crippen LogP contribution >= 0.6 is 0 Å². The van der Waals surface area contributed by atoms with Crippen LogP contribution in [0.1, 0.15) is 19.0 Å². The largest absolute Gasteiger partial charge is 0.317 e. The van der Waals surface area contributed by atoms with Crippen molar-refractivity contribution < 1.29 is 0 Å². The summed E-state index contributed by atoms with van der Waals surface area (Å²) in [4.78, 5) is 0. The standard InChI is InChI=1S/C9H17N3/c1-8(10-2)4-5-9-6-7-11-12(9)3/h6-8,10H,4-5H2,1-3H3. The fourth-order valence-electron chi connectivity index (χ4n) is 1.16. The maximum atomic E-state index is 4.12. The Labute approximate surface area is 73.8 Å². The van der Waals surface area contributed by atoms with Crippen LogP contribution in [-0.4, -0.2) is 22.9 Å². The number of nitrogens with zero attached hydrogens (tertiary/aromatic N) is 2. The SMILES string of the molecule is CNC(C)CCc1ccnn1C. The quantitative estimate of drug-likeness (QED) is 0.724. The van der Waals surface area contributed by atoms with Crippen molar-refractivity contribution in [2.45, 2.75) is 25.8 Å². The van der Waals surface area contributed by atoms with Crippen LogP contribution < -0.4 is 5.32 Å². The van der Waals surface area contributed by atoms with Crippen LogP contribution in [0, 0.1) is 0 Å². The van der Waals surface area contributed by atoms with Crippen molar-refractivity contribution in [1.29, 1.82) is 0 Å². The fraction of sp³-hybridized carbons (Fsp3) is 0.667. The summed E-state index contributed by atoms with van der Waals surface area (Å²) >= 11 is 0. The summed E-state index contributed by atoms with van der Waals surface area (Å²) < 4.78 is 1.93. The van der Waals surface area contributed by atoms with Gasteiger partial charge in [0.1, 0.15) is 0 Å². The van der Waals surface area contributed by atoms with Crippen LogP contribution in [0.15, 0.2) is 12.3 Å². The zero-order valence-corrected chi connectivity index (χ0v) is 8.04. The Bertz CT molecular complexity index is 229. The molecule has 0 aliphatic rings. The number of nitrogens with one attached hydrogen (secondary N) is 1. The van der Waals surface area contributed by atoms with E-state index in [2.05, 4.69) is 23.4 Å². The molecule has 3 nitrogen and oxygen atoms in total. The number of hydrogen-bond donors (Lipinski definition) is 1. The summed E-state index contributed by atoms with van der Waals surface area (Å²) in [7, 11) is 3.98. The third-order valence-corrected chi connectivity index (χ3v) is 2.25. The minimum Gasteiger partial charge on any atom is -0.317 e. The van der Waals surface area contributed by atoms with Gasteiger partial charge in [0.2, 0.25) is 0 Å². The first-order valence-electron chi connectivity index (χ1n) is 4.38. The molecule has 1 aromatic rings. The Morgan fingerprint density at radius 3 is 2.92 bits per heavy atom. The molecular formula is C9H17N3. The molecule has 0 radical (unpaired) electrons. The lowest BCUT2D eigenvalue weighted by molar-refractivity contribution is 0.550. The molecule has 12 heavy (non-hydrogen) atoms. The van der Waals surface area contributed by atoms with Gasteiger partial charge >= 0.3 is 0 Å². The molecule has 0 saturated carbocycles. The van der Waals surface area contributed by atoms with Gasteiger partial charge in [0, 0.05) is 25.0 Å². The Balaban J connectivity index is 2.38. The highest BCUT2D eigenvalue weighted by atomic mass is 15.2. The van der Waals surface area contributed by atoms with Crippen molar-refractivity contribution >= 4 is 0 Å². The first kappa shape index (κ1) is 9.26. The van der Waals surface area contributed by atoms with Crippen LogP contribution in [-0.2, 0) is 13.5 Å². The van der Waals surface area contributed by atoms with Gasteiger partial charge in [-0.05, 0) is 32.9 Å². The lowest BCUT2D eigenvalue weighted by Gasteiger charge is -2.09. The second-order valence-electron chi connectivity index (χ2n) is 3.17. The van der Waals surface area contributed by atoms with E-state index in [-0.39, 0.29) is 0 Å². The minimum absolute atomic E-state index is 0.583. The monoisotopic (exact) mass is 167 g/mol. The molecule has 1 unspecified atom stereocenters. The van der Waals surface area contributed by atoms with Gasteiger partial charge in [0.25, 0.3) is 0 Å². The van der Waals surface area contributed by atoms with Gasteiger partial charge in [-0.2, -0.15) is 5.10 Å². The molecule has 3 heteroatoms. The van der Waals surface area contributed by atoms with E-state index < -0.39 is 0 Å². The number of hydrogen-bond acceptors (Lipinski definition) is 2. The van der Waals surface area contributed by atoms with Crippen molar-refractivity contribution in [1.82, 2.24) is 15.1 Å². The molecule has 0 aromatic carbocycles. The molecule has 1 heterocycles. The minimum atomic E-state index is 0.583. The maximum Gasteiger partial charge on any atom is 0.0492 e. The van der Waals surface area contributed by atoms with E-state index in [9.17, 15) is 0 Å². The summed E-state index contributed by atoms with van der Waals surface area (Å²) in [5.74, 6) is 0. The van der Waals surface area contributed by atoms with Crippen molar-refractivity contribution in [3.8, 4) is 0 Å². The molecule has 0 spiro atoms. The van der Waals surface area contributed by atoms with E-state index in [4.69, 9.17) is 0 Å². The molecule has 0 amide bonds. The average molecular weight is 167 g/mol. The summed E-state index contributed by atoms with van der Waals surface area (Å²) in [6.45, 7) is 2.19. The molecular weight excluding hydrogens is 150 g/mol. The molecule has 0 aliphatic carbocycles. The summed E-state index contributed by atoms with van der Waals surface area (Å²) in [5, 5.41) is 7.33. The van der Waals surface area contributed by atoms with E-state index in [0.717, 1.165) is 12.8 Å². The predicted molar refractivity (Wildman–Crippen MR) is 50.1 cm³/mol. The fourth-order valence-corrected chi connectivity index (χ4v) is 1.16. The van der Waals surface area contributed by atoms with E-state index in [1.165, 1.54) is 5.69 Å². The van der Waals surface area contributed by atoms with Gasteiger partial charge in [-0.15, -0.1) is 0 Å². The van der Waals surface area contributed by atoms with Gasteiger partial charge in [-0.1, -0.05) is 0 Å². The van der Waals surface area contributed by atoms with Gasteiger partial charge in [-0.25, -0.2) is 0 Å². The van der Waals surface area contributed by atoms with Crippen LogP contribution in [0.2, 0.25) is 0 Å². The zero-order chi connectivity index (χ0) is 8.97. The third-order valence-electron chi connectivity index (χ3n) is 2.25. The normalized spacial score (nSPS) is 13.2. The van der Waals surface area contributed by atoms with E-state index in [1.807, 2.05) is 25.0 Å². The van der Waals surface area contributed by atoms with Crippen molar-refractivity contribution in [3.05, 3.63) is 18.0 Å². The highest BCUT2D eigenvalue weighted by Gasteiger charge is 2.01.